The van der Waals surface area contributed by atoms with E-state index in [9.17, 15) is 0 Å². The highest BCUT2D eigenvalue weighted by Crippen LogP contribution is 2.48. The molecule has 0 aromatic rings. The van der Waals surface area contributed by atoms with E-state index < -0.39 is 0 Å². The largest absolute Gasteiger partial charge is 0.376 e. The lowest BCUT2D eigenvalue weighted by atomic mass is 10.1. The Bertz CT molecular complexity index is 221. The highest BCUT2D eigenvalue weighted by Gasteiger charge is 2.47. The van der Waals surface area contributed by atoms with Crippen molar-refractivity contribution in [3.05, 3.63) is 0 Å². The SMILES string of the molecule is CC(C)C1CN(C(C)C)CC2(CC2)CO1. The Hall–Kier alpha value is -0.0800. The van der Waals surface area contributed by atoms with Crippen LogP contribution < -0.4 is 0 Å². The summed E-state index contributed by atoms with van der Waals surface area (Å²) in [4.78, 5) is 2.62. The van der Waals surface area contributed by atoms with Gasteiger partial charge in [-0.3, -0.25) is 4.90 Å². The molecule has 2 aliphatic rings. The van der Waals surface area contributed by atoms with Gasteiger partial charge in [-0.05, 0) is 32.6 Å². The van der Waals surface area contributed by atoms with E-state index in [0.717, 1.165) is 13.2 Å². The van der Waals surface area contributed by atoms with Crippen molar-refractivity contribution >= 4 is 0 Å². The predicted octanol–water partition coefficient (Wildman–Crippen LogP) is 2.53. The number of nitrogens with zero attached hydrogens (tertiary/aromatic N) is 1. The maximum atomic E-state index is 6.08. The van der Waals surface area contributed by atoms with E-state index in [1.165, 1.54) is 19.4 Å². The smallest absolute Gasteiger partial charge is 0.0725 e. The molecule has 0 bridgehead atoms. The average Bonchev–Trinajstić information content (AvgIpc) is 2.93. The minimum Gasteiger partial charge on any atom is -0.376 e. The molecule has 2 fully saturated rings. The van der Waals surface area contributed by atoms with Gasteiger partial charge in [0, 0.05) is 24.5 Å². The molecule has 1 aliphatic heterocycles. The van der Waals surface area contributed by atoms with Crippen molar-refractivity contribution in [1.82, 2.24) is 4.90 Å². The van der Waals surface area contributed by atoms with Gasteiger partial charge in [0.25, 0.3) is 0 Å². The lowest BCUT2D eigenvalue weighted by Gasteiger charge is -2.29. The molecule has 1 atom stereocenters. The van der Waals surface area contributed by atoms with E-state index in [2.05, 4.69) is 32.6 Å². The molecule has 0 amide bonds. The van der Waals surface area contributed by atoms with Crippen molar-refractivity contribution in [2.75, 3.05) is 19.7 Å². The fourth-order valence-corrected chi connectivity index (χ4v) is 2.38. The van der Waals surface area contributed by atoms with Crippen LogP contribution in [0.4, 0.5) is 0 Å². The van der Waals surface area contributed by atoms with Crippen LogP contribution in [0.2, 0.25) is 0 Å². The Kier molecular flexibility index (Phi) is 3.09. The monoisotopic (exact) mass is 211 g/mol. The molecule has 0 radical (unpaired) electrons. The Morgan fingerprint density at radius 1 is 1.20 bits per heavy atom. The highest BCUT2D eigenvalue weighted by atomic mass is 16.5. The topological polar surface area (TPSA) is 12.5 Å². The van der Waals surface area contributed by atoms with Gasteiger partial charge in [-0.25, -0.2) is 0 Å². The molecule has 2 heteroatoms. The van der Waals surface area contributed by atoms with Crippen LogP contribution in [0.1, 0.15) is 40.5 Å². The second kappa shape index (κ2) is 4.06. The third-order valence-corrected chi connectivity index (χ3v) is 3.99. The predicted molar refractivity (Wildman–Crippen MR) is 63.0 cm³/mol. The number of hydrogen-bond acceptors (Lipinski definition) is 2. The first-order chi connectivity index (χ1) is 7.02. The molecule has 1 unspecified atom stereocenters. The summed E-state index contributed by atoms with van der Waals surface area (Å²) in [5.74, 6) is 0.639. The molecule has 88 valence electrons. The van der Waals surface area contributed by atoms with Crippen LogP contribution >= 0.6 is 0 Å². The summed E-state index contributed by atoms with van der Waals surface area (Å²) in [5, 5.41) is 0. The van der Waals surface area contributed by atoms with Gasteiger partial charge in [-0.1, -0.05) is 13.8 Å². The van der Waals surface area contributed by atoms with Gasteiger partial charge in [0.15, 0.2) is 0 Å². The molecule has 2 rings (SSSR count). The summed E-state index contributed by atoms with van der Waals surface area (Å²) in [7, 11) is 0. The first-order valence-electron chi connectivity index (χ1n) is 6.38. The van der Waals surface area contributed by atoms with E-state index >= 15 is 0 Å². The Morgan fingerprint density at radius 3 is 2.33 bits per heavy atom. The normalized spacial score (nSPS) is 31.2. The lowest BCUT2D eigenvalue weighted by Crippen LogP contribution is -2.40. The van der Waals surface area contributed by atoms with Gasteiger partial charge < -0.3 is 4.74 Å². The van der Waals surface area contributed by atoms with Crippen LogP contribution in [-0.4, -0.2) is 36.7 Å². The van der Waals surface area contributed by atoms with Crippen molar-refractivity contribution in [1.29, 1.82) is 0 Å². The summed E-state index contributed by atoms with van der Waals surface area (Å²) in [6, 6.07) is 0.658. The lowest BCUT2D eigenvalue weighted by molar-refractivity contribution is 0.00862. The summed E-state index contributed by atoms with van der Waals surface area (Å²) in [5.41, 5.74) is 0.536. The summed E-state index contributed by atoms with van der Waals surface area (Å²) < 4.78 is 6.08. The number of ether oxygens (including phenoxy) is 1. The zero-order valence-corrected chi connectivity index (χ0v) is 10.6. The molecule has 1 heterocycles. The maximum absolute atomic E-state index is 6.08. The molecule has 0 aromatic carbocycles. The van der Waals surface area contributed by atoms with Crippen LogP contribution in [0, 0.1) is 11.3 Å². The van der Waals surface area contributed by atoms with Crippen molar-refractivity contribution < 1.29 is 4.74 Å². The Balaban J connectivity index is 2.04. The molecule has 15 heavy (non-hydrogen) atoms. The standard InChI is InChI=1S/C13H25NO/c1-10(2)12-7-14(11(3)4)8-13(5-6-13)9-15-12/h10-12H,5-9H2,1-4H3. The zero-order valence-electron chi connectivity index (χ0n) is 10.6. The molecule has 0 aromatic heterocycles. The molecule has 1 spiro atoms. The molecule has 1 saturated heterocycles. The molecule has 1 aliphatic carbocycles. The molecular weight excluding hydrogens is 186 g/mol. The zero-order chi connectivity index (χ0) is 11.1. The van der Waals surface area contributed by atoms with Crippen LogP contribution in [0.3, 0.4) is 0 Å². The molecule has 1 saturated carbocycles. The first kappa shape index (κ1) is 11.4. The second-order valence-electron chi connectivity index (χ2n) is 6.12. The summed E-state index contributed by atoms with van der Waals surface area (Å²) >= 11 is 0. The van der Waals surface area contributed by atoms with Crippen LogP contribution in [0.25, 0.3) is 0 Å². The van der Waals surface area contributed by atoms with Gasteiger partial charge in [0.05, 0.1) is 12.7 Å². The third kappa shape index (κ3) is 2.54. The summed E-state index contributed by atoms with van der Waals surface area (Å²) in [6.45, 7) is 12.5. The number of hydrogen-bond donors (Lipinski definition) is 0. The van der Waals surface area contributed by atoms with Gasteiger partial charge in [-0.2, -0.15) is 0 Å². The Labute approximate surface area is 94.0 Å². The van der Waals surface area contributed by atoms with E-state index in [4.69, 9.17) is 4.74 Å². The third-order valence-electron chi connectivity index (χ3n) is 3.99. The van der Waals surface area contributed by atoms with E-state index in [1.807, 2.05) is 0 Å². The van der Waals surface area contributed by atoms with E-state index in [0.29, 0.717) is 23.5 Å². The Morgan fingerprint density at radius 2 is 1.87 bits per heavy atom. The fraction of sp³-hybridized carbons (Fsp3) is 1.00. The maximum Gasteiger partial charge on any atom is 0.0725 e. The second-order valence-corrected chi connectivity index (χ2v) is 6.12. The highest BCUT2D eigenvalue weighted by molar-refractivity contribution is 4.98. The van der Waals surface area contributed by atoms with Gasteiger partial charge in [0.2, 0.25) is 0 Å². The van der Waals surface area contributed by atoms with Crippen LogP contribution in [-0.2, 0) is 4.74 Å². The van der Waals surface area contributed by atoms with Crippen LogP contribution in [0.15, 0.2) is 0 Å². The quantitative estimate of drug-likeness (QED) is 0.696. The van der Waals surface area contributed by atoms with Crippen molar-refractivity contribution in [3.63, 3.8) is 0 Å². The average molecular weight is 211 g/mol. The minimum absolute atomic E-state index is 0.437. The van der Waals surface area contributed by atoms with E-state index in [1.54, 1.807) is 0 Å². The van der Waals surface area contributed by atoms with E-state index in [-0.39, 0.29) is 0 Å². The van der Waals surface area contributed by atoms with Crippen molar-refractivity contribution in [2.45, 2.75) is 52.7 Å². The number of rotatable bonds is 2. The summed E-state index contributed by atoms with van der Waals surface area (Å²) in [6.07, 6.45) is 3.19. The first-order valence-corrected chi connectivity index (χ1v) is 6.38. The van der Waals surface area contributed by atoms with Gasteiger partial charge >= 0.3 is 0 Å². The van der Waals surface area contributed by atoms with Crippen molar-refractivity contribution in [3.8, 4) is 0 Å². The molecule has 2 nitrogen and oxygen atoms in total. The van der Waals surface area contributed by atoms with Gasteiger partial charge in [0.1, 0.15) is 0 Å². The fourth-order valence-electron chi connectivity index (χ4n) is 2.38. The molecular formula is C13H25NO. The van der Waals surface area contributed by atoms with Crippen LogP contribution in [0.5, 0.6) is 0 Å². The molecule has 0 N–H and O–H groups in total. The van der Waals surface area contributed by atoms with Crippen molar-refractivity contribution in [2.24, 2.45) is 11.3 Å². The minimum atomic E-state index is 0.437. The van der Waals surface area contributed by atoms with Gasteiger partial charge in [-0.15, -0.1) is 0 Å².